The largest absolute Gasteiger partial charge is 0.493 e. The molecule has 11 heteroatoms. The monoisotopic (exact) mass is 583 g/mol. The fourth-order valence-electron chi connectivity index (χ4n) is 5.04. The third-order valence-corrected chi connectivity index (χ3v) is 7.51. The van der Waals surface area contributed by atoms with Crippen molar-refractivity contribution in [2.24, 2.45) is 10.8 Å². The average molecular weight is 585 g/mol. The lowest BCUT2D eigenvalue weighted by Crippen LogP contribution is -2.42. The first kappa shape index (κ1) is 27.9. The van der Waals surface area contributed by atoms with Gasteiger partial charge >= 0.3 is 6.09 Å². The van der Waals surface area contributed by atoms with Crippen LogP contribution < -0.4 is 15.9 Å². The Hall–Kier alpha value is -3.66. The smallest absolute Gasteiger partial charge is 0.411 e. The highest BCUT2D eigenvalue weighted by Crippen LogP contribution is 2.40. The Kier molecular flexibility index (Phi) is 8.84. The number of fused-ring (bicyclic) bond motifs is 3. The first-order valence-electron chi connectivity index (χ1n) is 13.1. The quantitative estimate of drug-likeness (QED) is 0.160. The van der Waals surface area contributed by atoms with Crippen LogP contribution in [0.5, 0.6) is 5.75 Å². The van der Waals surface area contributed by atoms with E-state index in [0.29, 0.717) is 48.2 Å². The van der Waals surface area contributed by atoms with Crippen LogP contribution in [0.1, 0.15) is 35.7 Å². The first-order valence-corrected chi connectivity index (χ1v) is 13.9. The van der Waals surface area contributed by atoms with Crippen molar-refractivity contribution < 1.29 is 19.4 Å². The summed E-state index contributed by atoms with van der Waals surface area (Å²) in [5, 5.41) is 16.0. The standard InChI is InChI=1S/C29H31Cl2N5O4/c30-19-3-8-23(9-4-19)40-29(38)36-13-11-24-25-15-20(31)5-10-26(25)35-27(24)28(36)18-1-6-22(7-2-18)39-14-12-21(37)16-33-34-17-32/h1-8,10,15,17,21,23,28,33,35,37H,9,11-14,16H2,(H2,32,34)/t21?,23?,28-/m0/s1. The summed E-state index contributed by atoms with van der Waals surface area (Å²) in [5.41, 5.74) is 11.8. The minimum Gasteiger partial charge on any atom is -0.493 e. The number of H-pyrrole nitrogens is 1. The minimum atomic E-state index is -0.621. The summed E-state index contributed by atoms with van der Waals surface area (Å²) in [6, 6.07) is 13.0. The van der Waals surface area contributed by atoms with Crippen LogP contribution in [-0.4, -0.2) is 59.3 Å². The topological polar surface area (TPSA) is 125 Å². The van der Waals surface area contributed by atoms with Gasteiger partial charge in [-0.25, -0.2) is 4.79 Å². The Morgan fingerprint density at radius 3 is 2.85 bits per heavy atom. The Morgan fingerprint density at radius 1 is 1.27 bits per heavy atom. The Labute approximate surface area is 242 Å². The van der Waals surface area contributed by atoms with Crippen molar-refractivity contribution in [2.75, 3.05) is 19.7 Å². The number of carbonyl (C=O) groups excluding carboxylic acids is 1. The third-order valence-electron chi connectivity index (χ3n) is 7.00. The number of benzene rings is 2. The van der Waals surface area contributed by atoms with E-state index in [4.69, 9.17) is 38.4 Å². The van der Waals surface area contributed by atoms with Crippen molar-refractivity contribution in [3.8, 4) is 5.75 Å². The molecule has 0 spiro atoms. The van der Waals surface area contributed by atoms with E-state index in [-0.39, 0.29) is 18.7 Å². The van der Waals surface area contributed by atoms with E-state index in [0.717, 1.165) is 34.1 Å². The van der Waals surface area contributed by atoms with Gasteiger partial charge in [0, 0.05) is 46.0 Å². The lowest BCUT2D eigenvalue weighted by molar-refractivity contribution is 0.0690. The number of aromatic amines is 1. The molecule has 2 unspecified atom stereocenters. The number of rotatable bonds is 9. The molecule has 40 heavy (non-hydrogen) atoms. The first-order chi connectivity index (χ1) is 19.4. The van der Waals surface area contributed by atoms with E-state index in [2.05, 4.69) is 15.5 Å². The molecule has 210 valence electrons. The van der Waals surface area contributed by atoms with Gasteiger partial charge in [-0.05, 0) is 60.0 Å². The van der Waals surface area contributed by atoms with E-state index < -0.39 is 12.2 Å². The number of nitrogens with zero attached hydrogens (tertiary/aromatic N) is 2. The van der Waals surface area contributed by atoms with Crippen LogP contribution in [0.15, 0.2) is 70.8 Å². The number of aromatic nitrogens is 1. The van der Waals surface area contributed by atoms with Crippen molar-refractivity contribution in [1.82, 2.24) is 15.3 Å². The molecule has 5 N–H and O–H groups in total. The van der Waals surface area contributed by atoms with Crippen LogP contribution >= 0.6 is 23.2 Å². The van der Waals surface area contributed by atoms with Gasteiger partial charge in [0.2, 0.25) is 0 Å². The zero-order valence-electron chi connectivity index (χ0n) is 21.7. The molecule has 3 aromatic rings. The van der Waals surface area contributed by atoms with Crippen LogP contribution in [0.4, 0.5) is 4.79 Å². The van der Waals surface area contributed by atoms with Crippen LogP contribution in [0.3, 0.4) is 0 Å². The molecular weight excluding hydrogens is 553 g/mol. The van der Waals surface area contributed by atoms with E-state index in [1.807, 2.05) is 48.5 Å². The van der Waals surface area contributed by atoms with Crippen LogP contribution in [0.25, 0.3) is 10.9 Å². The number of aliphatic hydroxyl groups excluding tert-OH is 1. The van der Waals surface area contributed by atoms with Gasteiger partial charge in [-0.1, -0.05) is 41.4 Å². The summed E-state index contributed by atoms with van der Waals surface area (Å²) >= 11 is 12.4. The number of amides is 1. The fourth-order valence-corrected chi connectivity index (χ4v) is 5.37. The zero-order chi connectivity index (χ0) is 28.1. The molecular formula is C29H31Cl2N5O4. The SMILES string of the molecule is N/C=N\NCC(O)CCOc1ccc([C@H]2c3[nH]c4ccc(Cl)cc4c3CCN2C(=O)OC2C=CC(Cl)=CC2)cc1. The number of allylic oxidation sites excluding steroid dienone is 2. The minimum absolute atomic E-state index is 0.279. The zero-order valence-corrected chi connectivity index (χ0v) is 23.2. The highest BCUT2D eigenvalue weighted by Gasteiger charge is 2.36. The van der Waals surface area contributed by atoms with Gasteiger partial charge in [-0.15, -0.1) is 0 Å². The maximum atomic E-state index is 13.5. The molecule has 2 heterocycles. The Balaban J connectivity index is 1.36. The van der Waals surface area contributed by atoms with Gasteiger partial charge in [-0.3, -0.25) is 4.90 Å². The molecule has 1 amide bonds. The van der Waals surface area contributed by atoms with Crippen molar-refractivity contribution in [2.45, 2.75) is 37.5 Å². The van der Waals surface area contributed by atoms with Gasteiger partial charge in [0.05, 0.1) is 19.3 Å². The normalized spacial score (nSPS) is 19.4. The number of nitrogens with one attached hydrogen (secondary N) is 2. The summed E-state index contributed by atoms with van der Waals surface area (Å²) in [6.07, 6.45) is 6.77. The van der Waals surface area contributed by atoms with Crippen LogP contribution in [-0.2, 0) is 11.2 Å². The number of aliphatic hydroxyl groups is 1. The van der Waals surface area contributed by atoms with Crippen LogP contribution in [0, 0.1) is 0 Å². The molecule has 0 bridgehead atoms. The molecule has 2 aromatic carbocycles. The lowest BCUT2D eigenvalue weighted by Gasteiger charge is -2.36. The maximum Gasteiger partial charge on any atom is 0.411 e. The summed E-state index contributed by atoms with van der Waals surface area (Å²) in [7, 11) is 0. The fraction of sp³-hybridized carbons (Fsp3) is 0.310. The highest BCUT2D eigenvalue weighted by atomic mass is 35.5. The summed E-state index contributed by atoms with van der Waals surface area (Å²) in [5.74, 6) is 0.661. The Morgan fingerprint density at radius 2 is 2.10 bits per heavy atom. The summed E-state index contributed by atoms with van der Waals surface area (Å²) < 4.78 is 11.7. The summed E-state index contributed by atoms with van der Waals surface area (Å²) in [6.45, 7) is 1.10. The van der Waals surface area contributed by atoms with Gasteiger partial charge < -0.3 is 30.7 Å². The average Bonchev–Trinajstić information content (AvgIpc) is 3.32. The molecule has 1 aliphatic carbocycles. The van der Waals surface area contributed by atoms with E-state index in [9.17, 15) is 9.90 Å². The number of carbonyl (C=O) groups is 1. The number of hydrogen-bond acceptors (Lipinski definition) is 6. The van der Waals surface area contributed by atoms with Crippen molar-refractivity contribution in [3.63, 3.8) is 0 Å². The van der Waals surface area contributed by atoms with Gasteiger partial charge in [0.1, 0.15) is 24.2 Å². The molecule has 0 fully saturated rings. The molecule has 0 saturated carbocycles. The molecule has 2 aliphatic rings. The molecule has 0 saturated heterocycles. The van der Waals surface area contributed by atoms with Crippen molar-refractivity contribution in [1.29, 1.82) is 0 Å². The Bertz CT molecular complexity index is 1440. The predicted octanol–water partition coefficient (Wildman–Crippen LogP) is 4.98. The number of nitrogens with two attached hydrogens (primary N) is 1. The molecule has 3 atom stereocenters. The predicted molar refractivity (Wildman–Crippen MR) is 157 cm³/mol. The van der Waals surface area contributed by atoms with Gasteiger partial charge in [0.25, 0.3) is 0 Å². The third kappa shape index (κ3) is 6.38. The molecule has 0 radical (unpaired) electrons. The van der Waals surface area contributed by atoms with Crippen molar-refractivity contribution in [3.05, 3.63) is 87.6 Å². The van der Waals surface area contributed by atoms with Gasteiger partial charge in [-0.2, -0.15) is 5.10 Å². The number of halogens is 2. The van der Waals surface area contributed by atoms with Gasteiger partial charge in [0.15, 0.2) is 0 Å². The highest BCUT2D eigenvalue weighted by molar-refractivity contribution is 6.31. The second-order valence-corrected chi connectivity index (χ2v) is 10.5. The second kappa shape index (κ2) is 12.7. The number of hydrazone groups is 1. The van der Waals surface area contributed by atoms with E-state index in [1.54, 1.807) is 17.1 Å². The van der Waals surface area contributed by atoms with Crippen LogP contribution in [0.2, 0.25) is 5.02 Å². The molecule has 1 aliphatic heterocycles. The number of ether oxygens (including phenoxy) is 2. The molecule has 5 rings (SSSR count). The van der Waals surface area contributed by atoms with E-state index >= 15 is 0 Å². The van der Waals surface area contributed by atoms with Crippen molar-refractivity contribution >= 4 is 46.5 Å². The maximum absolute atomic E-state index is 13.5. The lowest BCUT2D eigenvalue weighted by atomic mass is 9.92. The number of hydrogen-bond donors (Lipinski definition) is 4. The van der Waals surface area contributed by atoms with E-state index in [1.165, 1.54) is 0 Å². The summed E-state index contributed by atoms with van der Waals surface area (Å²) in [4.78, 5) is 18.8. The second-order valence-electron chi connectivity index (χ2n) is 9.66. The molecule has 1 aromatic heterocycles. The molecule has 9 nitrogen and oxygen atoms in total.